The maximum absolute atomic E-state index is 12.6. The maximum atomic E-state index is 12.6. The number of amides is 1. The van der Waals surface area contributed by atoms with Gasteiger partial charge in [-0.3, -0.25) is 4.79 Å². The molecule has 4 heteroatoms. The van der Waals surface area contributed by atoms with Crippen molar-refractivity contribution < 1.29 is 14.7 Å². The summed E-state index contributed by atoms with van der Waals surface area (Å²) in [5, 5.41) is 9.10. The van der Waals surface area contributed by atoms with E-state index in [1.807, 2.05) is 11.8 Å². The van der Waals surface area contributed by atoms with Crippen molar-refractivity contribution in [3.05, 3.63) is 34.9 Å². The van der Waals surface area contributed by atoms with Crippen LogP contribution < -0.4 is 0 Å². The van der Waals surface area contributed by atoms with Gasteiger partial charge in [-0.1, -0.05) is 13.8 Å². The Kier molecular flexibility index (Phi) is 4.12. The molecular formula is C16H21NO3. The lowest BCUT2D eigenvalue weighted by Crippen LogP contribution is -2.35. The Labute approximate surface area is 119 Å². The third kappa shape index (κ3) is 2.84. The van der Waals surface area contributed by atoms with Crippen molar-refractivity contribution in [2.45, 2.75) is 39.7 Å². The van der Waals surface area contributed by atoms with E-state index in [9.17, 15) is 9.59 Å². The summed E-state index contributed by atoms with van der Waals surface area (Å²) in [5.74, 6) is -0.537. The van der Waals surface area contributed by atoms with Crippen molar-refractivity contribution in [1.82, 2.24) is 4.90 Å². The normalized spacial score (nSPS) is 22.1. The van der Waals surface area contributed by atoms with E-state index < -0.39 is 5.97 Å². The largest absolute Gasteiger partial charge is 0.478 e. The molecular weight excluding hydrogens is 254 g/mol. The number of hydrogen-bond acceptors (Lipinski definition) is 2. The predicted octanol–water partition coefficient (Wildman–Crippen LogP) is 2.95. The molecule has 1 heterocycles. The molecule has 1 aliphatic heterocycles. The third-order valence-electron chi connectivity index (χ3n) is 3.93. The van der Waals surface area contributed by atoms with Gasteiger partial charge in [0.15, 0.2) is 0 Å². The number of benzene rings is 1. The van der Waals surface area contributed by atoms with E-state index in [1.165, 1.54) is 6.07 Å². The molecule has 0 spiro atoms. The first-order chi connectivity index (χ1) is 9.42. The van der Waals surface area contributed by atoms with Gasteiger partial charge < -0.3 is 10.0 Å². The Hall–Kier alpha value is -1.84. The van der Waals surface area contributed by atoms with Crippen LogP contribution in [0, 0.1) is 12.8 Å². The molecule has 0 saturated carbocycles. The fourth-order valence-electron chi connectivity index (χ4n) is 2.98. The quantitative estimate of drug-likeness (QED) is 0.922. The Morgan fingerprint density at radius 2 is 1.95 bits per heavy atom. The van der Waals surface area contributed by atoms with Crippen LogP contribution in [-0.4, -0.2) is 34.5 Å². The van der Waals surface area contributed by atoms with Crippen molar-refractivity contribution in [3.63, 3.8) is 0 Å². The highest BCUT2D eigenvalue weighted by Gasteiger charge is 2.32. The molecule has 20 heavy (non-hydrogen) atoms. The molecule has 1 saturated heterocycles. The predicted molar refractivity (Wildman–Crippen MR) is 77.0 cm³/mol. The lowest BCUT2D eigenvalue weighted by Gasteiger charge is -2.24. The number of carboxylic acid groups (broad SMARTS) is 1. The minimum absolute atomic E-state index is 0.0487. The Bertz CT molecular complexity index is 539. The average molecular weight is 275 g/mol. The number of aryl methyl sites for hydroxylation is 1. The minimum atomic E-state index is -0.996. The van der Waals surface area contributed by atoms with Gasteiger partial charge in [0.2, 0.25) is 0 Å². The van der Waals surface area contributed by atoms with E-state index >= 15 is 0 Å². The molecule has 1 amide bonds. The van der Waals surface area contributed by atoms with E-state index in [-0.39, 0.29) is 17.5 Å². The van der Waals surface area contributed by atoms with Crippen LogP contribution in [0.4, 0.5) is 0 Å². The van der Waals surface area contributed by atoms with Crippen molar-refractivity contribution in [3.8, 4) is 0 Å². The van der Waals surface area contributed by atoms with Crippen LogP contribution in [0.25, 0.3) is 0 Å². The van der Waals surface area contributed by atoms with Crippen LogP contribution in [0.15, 0.2) is 18.2 Å². The van der Waals surface area contributed by atoms with E-state index in [0.717, 1.165) is 24.9 Å². The first-order valence-corrected chi connectivity index (χ1v) is 7.08. The molecule has 0 aromatic heterocycles. The SMILES string of the molecule is CCC1CC(C)CN1C(=O)c1cc(C)cc(C(=O)O)c1. The van der Waals surface area contributed by atoms with Gasteiger partial charge in [0.25, 0.3) is 5.91 Å². The number of carbonyl (C=O) groups excluding carboxylic acids is 1. The van der Waals surface area contributed by atoms with Crippen LogP contribution in [0.5, 0.6) is 0 Å². The van der Waals surface area contributed by atoms with Gasteiger partial charge >= 0.3 is 5.97 Å². The second-order valence-corrected chi connectivity index (χ2v) is 5.75. The molecule has 0 radical (unpaired) electrons. The molecule has 1 N–H and O–H groups in total. The van der Waals surface area contributed by atoms with Crippen molar-refractivity contribution in [1.29, 1.82) is 0 Å². The molecule has 1 fully saturated rings. The van der Waals surface area contributed by atoms with Gasteiger partial charge in [0.1, 0.15) is 0 Å². The molecule has 2 atom stereocenters. The van der Waals surface area contributed by atoms with Crippen LogP contribution in [0.3, 0.4) is 0 Å². The van der Waals surface area contributed by atoms with Gasteiger partial charge in [-0.25, -0.2) is 4.79 Å². The Balaban J connectivity index is 2.31. The second-order valence-electron chi connectivity index (χ2n) is 5.75. The number of rotatable bonds is 3. The summed E-state index contributed by atoms with van der Waals surface area (Å²) in [6, 6.07) is 5.10. The molecule has 108 valence electrons. The number of carboxylic acids is 1. The number of nitrogens with zero attached hydrogens (tertiary/aromatic N) is 1. The molecule has 4 nitrogen and oxygen atoms in total. The smallest absolute Gasteiger partial charge is 0.335 e. The van der Waals surface area contributed by atoms with Crippen molar-refractivity contribution in [2.75, 3.05) is 6.54 Å². The lowest BCUT2D eigenvalue weighted by molar-refractivity contribution is 0.0696. The molecule has 1 aromatic rings. The van der Waals surface area contributed by atoms with Gasteiger partial charge in [0, 0.05) is 18.2 Å². The van der Waals surface area contributed by atoms with Crippen LogP contribution >= 0.6 is 0 Å². The van der Waals surface area contributed by atoms with Crippen LogP contribution in [0.1, 0.15) is 53.0 Å². The zero-order valence-electron chi connectivity index (χ0n) is 12.2. The van der Waals surface area contributed by atoms with Crippen molar-refractivity contribution >= 4 is 11.9 Å². The molecule has 1 aromatic carbocycles. The van der Waals surface area contributed by atoms with Crippen LogP contribution in [0.2, 0.25) is 0 Å². The minimum Gasteiger partial charge on any atom is -0.478 e. The number of aromatic carboxylic acids is 1. The summed E-state index contributed by atoms with van der Waals surface area (Å²) >= 11 is 0. The monoisotopic (exact) mass is 275 g/mol. The highest BCUT2D eigenvalue weighted by molar-refractivity contribution is 5.98. The second kappa shape index (κ2) is 5.65. The summed E-state index contributed by atoms with van der Waals surface area (Å²) in [5.41, 5.74) is 1.46. The summed E-state index contributed by atoms with van der Waals surface area (Å²) in [6.07, 6.45) is 1.97. The third-order valence-corrected chi connectivity index (χ3v) is 3.93. The van der Waals surface area contributed by atoms with E-state index in [2.05, 4.69) is 13.8 Å². The number of carbonyl (C=O) groups is 2. The van der Waals surface area contributed by atoms with Gasteiger partial charge in [-0.2, -0.15) is 0 Å². The van der Waals surface area contributed by atoms with E-state index in [1.54, 1.807) is 12.1 Å². The fourth-order valence-corrected chi connectivity index (χ4v) is 2.98. The fraction of sp³-hybridized carbons (Fsp3) is 0.500. The Morgan fingerprint density at radius 3 is 2.55 bits per heavy atom. The first kappa shape index (κ1) is 14.6. The summed E-state index contributed by atoms with van der Waals surface area (Å²) in [6.45, 7) is 6.80. The average Bonchev–Trinajstić information content (AvgIpc) is 2.78. The van der Waals surface area contributed by atoms with Crippen molar-refractivity contribution in [2.24, 2.45) is 5.92 Å². The van der Waals surface area contributed by atoms with E-state index in [0.29, 0.717) is 11.5 Å². The topological polar surface area (TPSA) is 57.6 Å². The van der Waals surface area contributed by atoms with Gasteiger partial charge in [0.05, 0.1) is 5.56 Å². The summed E-state index contributed by atoms with van der Waals surface area (Å²) < 4.78 is 0. The highest BCUT2D eigenvalue weighted by atomic mass is 16.4. The maximum Gasteiger partial charge on any atom is 0.335 e. The first-order valence-electron chi connectivity index (χ1n) is 7.08. The molecule has 2 rings (SSSR count). The molecule has 2 unspecified atom stereocenters. The summed E-state index contributed by atoms with van der Waals surface area (Å²) in [7, 11) is 0. The highest BCUT2D eigenvalue weighted by Crippen LogP contribution is 2.27. The number of likely N-dealkylation sites (tertiary alicyclic amines) is 1. The zero-order chi connectivity index (χ0) is 14.9. The van der Waals surface area contributed by atoms with E-state index in [4.69, 9.17) is 5.11 Å². The molecule has 0 aliphatic carbocycles. The number of hydrogen-bond donors (Lipinski definition) is 1. The van der Waals surface area contributed by atoms with Crippen LogP contribution in [-0.2, 0) is 0 Å². The summed E-state index contributed by atoms with van der Waals surface area (Å²) in [4.78, 5) is 25.6. The van der Waals surface area contributed by atoms with Gasteiger partial charge in [-0.15, -0.1) is 0 Å². The standard InChI is InChI=1S/C16H21NO3/c1-4-14-7-11(3)9-17(14)15(18)12-5-10(2)6-13(8-12)16(19)20/h5-6,8,11,14H,4,7,9H2,1-3H3,(H,19,20). The lowest BCUT2D eigenvalue weighted by atomic mass is 10.0. The zero-order valence-corrected chi connectivity index (χ0v) is 12.2. The Morgan fingerprint density at radius 1 is 1.30 bits per heavy atom. The molecule has 1 aliphatic rings. The molecule has 0 bridgehead atoms. The van der Waals surface area contributed by atoms with Gasteiger partial charge in [-0.05, 0) is 49.4 Å².